The summed E-state index contributed by atoms with van der Waals surface area (Å²) in [6, 6.07) is 9.86. The van der Waals surface area contributed by atoms with Crippen molar-refractivity contribution in [2.75, 3.05) is 4.90 Å². The molecule has 3 heterocycles. The summed E-state index contributed by atoms with van der Waals surface area (Å²) in [6.45, 7) is 0. The number of Topliss-reactive ketones (excluding diaryl/α,β-unsaturated/α-hetero) is 1. The Morgan fingerprint density at radius 2 is 2.19 bits per heavy atom. The van der Waals surface area contributed by atoms with Crippen LogP contribution in [0.5, 0.6) is 0 Å². The summed E-state index contributed by atoms with van der Waals surface area (Å²) < 4.78 is 0.962. The summed E-state index contributed by atoms with van der Waals surface area (Å²) in [5.74, 6) is 0.0745. The summed E-state index contributed by atoms with van der Waals surface area (Å²) in [7, 11) is 0. The molecule has 2 aromatic rings. The predicted octanol–water partition coefficient (Wildman–Crippen LogP) is 4.21. The number of carbonyl (C=O) groups excluding carboxylic acids is 1. The molecule has 7 heteroatoms. The Balaban J connectivity index is 1.97. The first-order chi connectivity index (χ1) is 12.6. The third-order valence-electron chi connectivity index (χ3n) is 4.70. The van der Waals surface area contributed by atoms with Crippen LogP contribution in [-0.4, -0.2) is 10.8 Å². The fourth-order valence-corrected chi connectivity index (χ4v) is 5.18. The molecule has 1 aliphatic carbocycles. The second kappa shape index (κ2) is 6.71. The molecule has 1 atom stereocenters. The second-order valence-electron chi connectivity index (χ2n) is 6.17. The van der Waals surface area contributed by atoms with Crippen LogP contribution >= 0.6 is 27.3 Å². The van der Waals surface area contributed by atoms with E-state index < -0.39 is 5.92 Å². The van der Waals surface area contributed by atoms with Gasteiger partial charge in [-0.05, 0) is 53.0 Å². The lowest BCUT2D eigenvalue weighted by molar-refractivity contribution is -0.116. The van der Waals surface area contributed by atoms with Gasteiger partial charge in [0.2, 0.25) is 0 Å². The molecular formula is C19H15BrN4OS. The highest BCUT2D eigenvalue weighted by atomic mass is 79.9. The van der Waals surface area contributed by atoms with Gasteiger partial charge in [0.05, 0.1) is 33.2 Å². The zero-order valence-corrected chi connectivity index (χ0v) is 16.2. The number of thiophene rings is 1. The topological polar surface area (TPSA) is 83.0 Å². The normalized spacial score (nSPS) is 20.2. The first kappa shape index (κ1) is 17.0. The fourth-order valence-electron chi connectivity index (χ4n) is 3.64. The molecule has 4 rings (SSSR count). The van der Waals surface area contributed by atoms with Gasteiger partial charge < -0.3 is 5.73 Å². The van der Waals surface area contributed by atoms with Crippen LogP contribution in [0.4, 0.5) is 5.69 Å². The molecule has 0 spiro atoms. The smallest absolute Gasteiger partial charge is 0.161 e. The lowest BCUT2D eigenvalue weighted by Crippen LogP contribution is -2.38. The van der Waals surface area contributed by atoms with E-state index in [1.807, 2.05) is 29.2 Å². The number of ketones is 1. The van der Waals surface area contributed by atoms with Gasteiger partial charge >= 0.3 is 0 Å². The quantitative estimate of drug-likeness (QED) is 0.777. The van der Waals surface area contributed by atoms with Crippen LogP contribution < -0.4 is 10.6 Å². The molecule has 2 aromatic heterocycles. The van der Waals surface area contributed by atoms with Crippen molar-refractivity contribution in [3.05, 3.63) is 68.0 Å². The number of hydrogen-bond donors (Lipinski definition) is 1. The van der Waals surface area contributed by atoms with Crippen LogP contribution in [0.3, 0.4) is 0 Å². The molecule has 2 aliphatic rings. The summed E-state index contributed by atoms with van der Waals surface area (Å²) >= 11 is 5.00. The summed E-state index contributed by atoms with van der Waals surface area (Å²) in [5, 5.41) is 9.87. The van der Waals surface area contributed by atoms with Crippen molar-refractivity contribution < 1.29 is 4.79 Å². The summed E-state index contributed by atoms with van der Waals surface area (Å²) in [5.41, 5.74) is 9.22. The number of rotatable bonds is 2. The Kier molecular flexibility index (Phi) is 4.39. The largest absolute Gasteiger partial charge is 0.384 e. The molecule has 0 aromatic carbocycles. The van der Waals surface area contributed by atoms with E-state index in [1.54, 1.807) is 12.4 Å². The summed E-state index contributed by atoms with van der Waals surface area (Å²) in [4.78, 5) is 19.8. The third-order valence-corrected chi connectivity index (χ3v) is 6.38. The van der Waals surface area contributed by atoms with Crippen molar-refractivity contribution >= 4 is 38.7 Å². The Hall–Kier alpha value is -2.43. The monoisotopic (exact) mass is 426 g/mol. The van der Waals surface area contributed by atoms with E-state index in [1.165, 1.54) is 11.3 Å². The number of halogens is 1. The van der Waals surface area contributed by atoms with Gasteiger partial charge in [-0.1, -0.05) is 0 Å². The molecule has 0 saturated heterocycles. The maximum atomic E-state index is 12.9. The summed E-state index contributed by atoms with van der Waals surface area (Å²) in [6.07, 6.45) is 5.42. The van der Waals surface area contributed by atoms with Gasteiger partial charge in [-0.25, -0.2) is 0 Å². The van der Waals surface area contributed by atoms with Crippen molar-refractivity contribution in [3.8, 4) is 6.07 Å². The SMILES string of the molecule is N#CC1=C(N)N(c2cccnc2)C2=C(C(=O)CCC2)C1c1ccc(Br)s1. The molecular weight excluding hydrogens is 412 g/mol. The maximum Gasteiger partial charge on any atom is 0.161 e. The zero-order chi connectivity index (χ0) is 18.3. The van der Waals surface area contributed by atoms with E-state index in [0.29, 0.717) is 23.4 Å². The van der Waals surface area contributed by atoms with Crippen LogP contribution in [0, 0.1) is 11.3 Å². The van der Waals surface area contributed by atoms with E-state index in [9.17, 15) is 10.1 Å². The van der Waals surface area contributed by atoms with Crippen LogP contribution in [0.1, 0.15) is 30.1 Å². The number of nitrogens with two attached hydrogens (primary N) is 1. The average molecular weight is 427 g/mol. The highest BCUT2D eigenvalue weighted by Crippen LogP contribution is 2.47. The van der Waals surface area contributed by atoms with Crippen molar-refractivity contribution in [3.63, 3.8) is 0 Å². The minimum absolute atomic E-state index is 0.0925. The number of carbonyl (C=O) groups is 1. The Labute approximate surface area is 163 Å². The number of pyridine rings is 1. The number of aromatic nitrogens is 1. The molecule has 1 unspecified atom stereocenters. The van der Waals surface area contributed by atoms with E-state index in [4.69, 9.17) is 5.73 Å². The minimum Gasteiger partial charge on any atom is -0.384 e. The Bertz CT molecular complexity index is 986. The first-order valence-corrected chi connectivity index (χ1v) is 9.84. The lowest BCUT2D eigenvalue weighted by atomic mass is 9.78. The first-order valence-electron chi connectivity index (χ1n) is 8.23. The number of anilines is 1. The molecule has 130 valence electrons. The Morgan fingerprint density at radius 1 is 1.35 bits per heavy atom. The molecule has 0 saturated carbocycles. The highest BCUT2D eigenvalue weighted by molar-refractivity contribution is 9.11. The van der Waals surface area contributed by atoms with Crippen LogP contribution in [-0.2, 0) is 4.79 Å². The maximum absolute atomic E-state index is 12.9. The number of allylic oxidation sites excluding steroid dienone is 3. The van der Waals surface area contributed by atoms with Crippen molar-refractivity contribution in [1.82, 2.24) is 4.98 Å². The third kappa shape index (κ3) is 2.66. The van der Waals surface area contributed by atoms with E-state index >= 15 is 0 Å². The molecule has 0 radical (unpaired) electrons. The van der Waals surface area contributed by atoms with Crippen LogP contribution in [0.2, 0.25) is 0 Å². The van der Waals surface area contributed by atoms with E-state index in [0.717, 1.165) is 32.9 Å². The molecule has 0 fully saturated rings. The van der Waals surface area contributed by atoms with Crippen LogP contribution in [0.15, 0.2) is 63.1 Å². The predicted molar refractivity (Wildman–Crippen MR) is 104 cm³/mol. The molecule has 5 nitrogen and oxygen atoms in total. The van der Waals surface area contributed by atoms with Gasteiger partial charge in [0.25, 0.3) is 0 Å². The average Bonchev–Trinajstić information content (AvgIpc) is 3.07. The van der Waals surface area contributed by atoms with Crippen molar-refractivity contribution in [1.29, 1.82) is 5.26 Å². The lowest BCUT2D eigenvalue weighted by Gasteiger charge is -2.39. The van der Waals surface area contributed by atoms with Crippen LogP contribution in [0.25, 0.3) is 0 Å². The van der Waals surface area contributed by atoms with Crippen molar-refractivity contribution in [2.45, 2.75) is 25.2 Å². The van der Waals surface area contributed by atoms with Gasteiger partial charge in [-0.2, -0.15) is 5.26 Å². The number of hydrogen-bond acceptors (Lipinski definition) is 6. The molecule has 2 N–H and O–H groups in total. The van der Waals surface area contributed by atoms with Gasteiger partial charge in [0.1, 0.15) is 5.82 Å². The number of nitriles is 1. The van der Waals surface area contributed by atoms with E-state index in [2.05, 4.69) is 27.0 Å². The van der Waals surface area contributed by atoms with Gasteiger partial charge in [0, 0.05) is 28.8 Å². The van der Waals surface area contributed by atoms with E-state index in [-0.39, 0.29) is 5.78 Å². The molecule has 0 amide bonds. The van der Waals surface area contributed by atoms with Gasteiger partial charge in [-0.15, -0.1) is 11.3 Å². The standard InChI is InChI=1S/C19H15BrN4OS/c20-16-7-6-15(26-16)17-12(9-21)19(22)24(11-3-2-8-23-10-11)13-4-1-5-14(25)18(13)17/h2-3,6-8,10,17H,1,4-5,22H2. The van der Waals surface area contributed by atoms with Crippen molar-refractivity contribution in [2.24, 2.45) is 5.73 Å². The zero-order valence-electron chi connectivity index (χ0n) is 13.8. The van der Waals surface area contributed by atoms with Gasteiger partial charge in [0.15, 0.2) is 5.78 Å². The second-order valence-corrected chi connectivity index (χ2v) is 8.66. The fraction of sp³-hybridized carbons (Fsp3) is 0.211. The minimum atomic E-state index is -0.396. The molecule has 0 bridgehead atoms. The number of nitrogens with zero attached hydrogens (tertiary/aromatic N) is 3. The molecule has 26 heavy (non-hydrogen) atoms. The Morgan fingerprint density at radius 3 is 2.85 bits per heavy atom. The van der Waals surface area contributed by atoms with Gasteiger partial charge in [-0.3, -0.25) is 14.7 Å². The highest BCUT2D eigenvalue weighted by Gasteiger charge is 2.40. The molecule has 1 aliphatic heterocycles.